The van der Waals surface area contributed by atoms with E-state index >= 15 is 0 Å². The Morgan fingerprint density at radius 2 is 2.07 bits per heavy atom. The van der Waals surface area contributed by atoms with E-state index in [1.807, 2.05) is 21.0 Å². The average molecular weight is 218 g/mol. The maximum Gasteiger partial charge on any atom is 0.306 e. The van der Waals surface area contributed by atoms with Gasteiger partial charge in [0.05, 0.1) is 12.5 Å². The molecular weight excluding hydrogens is 196 g/mol. The lowest BCUT2D eigenvalue weighted by Gasteiger charge is -2.18. The van der Waals surface area contributed by atoms with Crippen molar-refractivity contribution in [2.75, 3.05) is 27.2 Å². The second-order valence-corrected chi connectivity index (χ2v) is 4.15. The molecule has 2 atom stereocenters. The molecule has 0 aromatic rings. The van der Waals surface area contributed by atoms with E-state index in [1.54, 1.807) is 0 Å². The standard InChI is InChI=1S/C10H22N2O3/c1-8(4-5-12(2)3)11-7-9(13)6-10(14)15/h8-9,11,13H,4-7H2,1-3H3,(H,14,15). The first kappa shape index (κ1) is 14.3. The molecule has 0 aromatic carbocycles. The number of aliphatic carboxylic acids is 1. The fourth-order valence-electron chi connectivity index (χ4n) is 1.16. The van der Waals surface area contributed by atoms with Crippen LogP contribution >= 0.6 is 0 Å². The van der Waals surface area contributed by atoms with Gasteiger partial charge in [-0.2, -0.15) is 0 Å². The summed E-state index contributed by atoms with van der Waals surface area (Å²) >= 11 is 0. The summed E-state index contributed by atoms with van der Waals surface area (Å²) in [5.41, 5.74) is 0. The van der Waals surface area contributed by atoms with E-state index in [-0.39, 0.29) is 12.5 Å². The van der Waals surface area contributed by atoms with Gasteiger partial charge in [0.1, 0.15) is 0 Å². The van der Waals surface area contributed by atoms with Crippen molar-refractivity contribution in [3.8, 4) is 0 Å². The molecule has 0 aromatic heterocycles. The van der Waals surface area contributed by atoms with Crippen LogP contribution in [-0.4, -0.2) is 60.4 Å². The van der Waals surface area contributed by atoms with Crippen LogP contribution < -0.4 is 5.32 Å². The van der Waals surface area contributed by atoms with E-state index in [0.29, 0.717) is 6.54 Å². The summed E-state index contributed by atoms with van der Waals surface area (Å²) in [5.74, 6) is -0.967. The zero-order chi connectivity index (χ0) is 11.8. The van der Waals surface area contributed by atoms with E-state index in [0.717, 1.165) is 13.0 Å². The third-order valence-electron chi connectivity index (χ3n) is 2.12. The van der Waals surface area contributed by atoms with E-state index < -0.39 is 12.1 Å². The van der Waals surface area contributed by atoms with Crippen molar-refractivity contribution >= 4 is 5.97 Å². The number of aliphatic hydroxyl groups excluding tert-OH is 1. The number of hydrogen-bond donors (Lipinski definition) is 3. The number of nitrogens with one attached hydrogen (secondary N) is 1. The minimum absolute atomic E-state index is 0.201. The highest BCUT2D eigenvalue weighted by molar-refractivity contribution is 5.67. The number of aliphatic hydroxyl groups is 1. The third-order valence-corrected chi connectivity index (χ3v) is 2.12. The molecule has 5 nitrogen and oxygen atoms in total. The van der Waals surface area contributed by atoms with Gasteiger partial charge in [-0.15, -0.1) is 0 Å². The molecule has 0 radical (unpaired) electrons. The minimum atomic E-state index is -0.967. The number of carbonyl (C=O) groups is 1. The summed E-state index contributed by atoms with van der Waals surface area (Å²) in [4.78, 5) is 12.4. The molecule has 90 valence electrons. The van der Waals surface area contributed by atoms with Gasteiger partial charge in [-0.1, -0.05) is 0 Å². The van der Waals surface area contributed by atoms with Gasteiger partial charge in [0.25, 0.3) is 0 Å². The van der Waals surface area contributed by atoms with Crippen LogP contribution in [0.15, 0.2) is 0 Å². The van der Waals surface area contributed by atoms with Gasteiger partial charge in [0, 0.05) is 12.6 Å². The van der Waals surface area contributed by atoms with Crippen molar-refractivity contribution in [3.05, 3.63) is 0 Å². The molecule has 5 heteroatoms. The lowest BCUT2D eigenvalue weighted by atomic mass is 10.2. The summed E-state index contributed by atoms with van der Waals surface area (Å²) in [7, 11) is 4.01. The van der Waals surface area contributed by atoms with Crippen LogP contribution in [0.4, 0.5) is 0 Å². The number of nitrogens with zero attached hydrogens (tertiary/aromatic N) is 1. The average Bonchev–Trinajstić information content (AvgIpc) is 2.10. The SMILES string of the molecule is CC(CCN(C)C)NCC(O)CC(=O)O. The summed E-state index contributed by atoms with van der Waals surface area (Å²) < 4.78 is 0. The van der Waals surface area contributed by atoms with Crippen LogP contribution in [0.5, 0.6) is 0 Å². The molecule has 0 amide bonds. The van der Waals surface area contributed by atoms with Crippen molar-refractivity contribution in [1.82, 2.24) is 10.2 Å². The Morgan fingerprint density at radius 1 is 1.47 bits per heavy atom. The molecule has 3 N–H and O–H groups in total. The fraction of sp³-hybridized carbons (Fsp3) is 0.900. The van der Waals surface area contributed by atoms with Gasteiger partial charge in [-0.3, -0.25) is 4.79 Å². The van der Waals surface area contributed by atoms with Crippen LogP contribution in [0.3, 0.4) is 0 Å². The first-order valence-corrected chi connectivity index (χ1v) is 5.19. The topological polar surface area (TPSA) is 72.8 Å². The van der Waals surface area contributed by atoms with Crippen LogP contribution in [0.25, 0.3) is 0 Å². The maximum absolute atomic E-state index is 10.3. The van der Waals surface area contributed by atoms with Gasteiger partial charge in [-0.25, -0.2) is 0 Å². The zero-order valence-electron chi connectivity index (χ0n) is 9.73. The molecule has 0 aliphatic heterocycles. The highest BCUT2D eigenvalue weighted by atomic mass is 16.4. The summed E-state index contributed by atoms with van der Waals surface area (Å²) in [6.45, 7) is 3.33. The molecule has 0 aliphatic carbocycles. The molecule has 0 heterocycles. The first-order chi connectivity index (χ1) is 6.91. The molecule has 0 fully saturated rings. The second kappa shape index (κ2) is 7.62. The quantitative estimate of drug-likeness (QED) is 0.524. The van der Waals surface area contributed by atoms with Crippen molar-refractivity contribution in [2.45, 2.75) is 31.9 Å². The summed E-state index contributed by atoms with van der Waals surface area (Å²) in [5, 5.41) is 20.8. The Morgan fingerprint density at radius 3 is 2.53 bits per heavy atom. The summed E-state index contributed by atoms with van der Waals surface area (Å²) in [6.07, 6.45) is -0.0236. The molecular formula is C10H22N2O3. The number of hydrogen-bond acceptors (Lipinski definition) is 4. The van der Waals surface area contributed by atoms with E-state index in [1.165, 1.54) is 0 Å². The lowest BCUT2D eigenvalue weighted by Crippen LogP contribution is -2.36. The number of carboxylic acids is 1. The Labute approximate surface area is 91.1 Å². The minimum Gasteiger partial charge on any atom is -0.481 e. The molecule has 0 bridgehead atoms. The molecule has 0 aliphatic rings. The van der Waals surface area contributed by atoms with E-state index in [4.69, 9.17) is 5.11 Å². The lowest BCUT2D eigenvalue weighted by molar-refractivity contribution is -0.139. The predicted molar refractivity (Wildman–Crippen MR) is 58.9 cm³/mol. The van der Waals surface area contributed by atoms with Gasteiger partial charge in [0.15, 0.2) is 0 Å². The monoisotopic (exact) mass is 218 g/mol. The van der Waals surface area contributed by atoms with Gasteiger partial charge < -0.3 is 20.4 Å². The highest BCUT2D eigenvalue weighted by Gasteiger charge is 2.10. The predicted octanol–water partition coefficient (Wildman–Crippen LogP) is -0.248. The van der Waals surface area contributed by atoms with E-state index in [9.17, 15) is 9.90 Å². The Bertz CT molecular complexity index is 186. The number of carboxylic acid groups (broad SMARTS) is 1. The van der Waals surface area contributed by atoms with Crippen LogP contribution in [0.1, 0.15) is 19.8 Å². The van der Waals surface area contributed by atoms with Gasteiger partial charge in [-0.05, 0) is 34.0 Å². The molecule has 0 rings (SSSR count). The smallest absolute Gasteiger partial charge is 0.306 e. The maximum atomic E-state index is 10.3. The molecule has 15 heavy (non-hydrogen) atoms. The van der Waals surface area contributed by atoms with Crippen LogP contribution in [0.2, 0.25) is 0 Å². The van der Waals surface area contributed by atoms with Gasteiger partial charge in [0.2, 0.25) is 0 Å². The van der Waals surface area contributed by atoms with Crippen LogP contribution in [-0.2, 0) is 4.79 Å². The molecule has 2 unspecified atom stereocenters. The summed E-state index contributed by atoms with van der Waals surface area (Å²) in [6, 6.07) is 0.288. The Hall–Kier alpha value is -0.650. The fourth-order valence-corrected chi connectivity index (χ4v) is 1.16. The van der Waals surface area contributed by atoms with Crippen molar-refractivity contribution < 1.29 is 15.0 Å². The molecule has 0 saturated heterocycles. The highest BCUT2D eigenvalue weighted by Crippen LogP contribution is 1.95. The third kappa shape index (κ3) is 9.65. The zero-order valence-corrected chi connectivity index (χ0v) is 9.73. The van der Waals surface area contributed by atoms with Gasteiger partial charge >= 0.3 is 5.97 Å². The first-order valence-electron chi connectivity index (χ1n) is 5.19. The second-order valence-electron chi connectivity index (χ2n) is 4.15. The Balaban J connectivity index is 3.52. The normalized spacial score (nSPS) is 15.3. The van der Waals surface area contributed by atoms with Crippen LogP contribution in [0, 0.1) is 0 Å². The largest absolute Gasteiger partial charge is 0.481 e. The Kier molecular flexibility index (Phi) is 7.29. The molecule has 0 saturated carbocycles. The molecule has 0 spiro atoms. The van der Waals surface area contributed by atoms with Crippen molar-refractivity contribution in [3.63, 3.8) is 0 Å². The number of rotatable bonds is 8. The van der Waals surface area contributed by atoms with E-state index in [2.05, 4.69) is 10.2 Å². The van der Waals surface area contributed by atoms with Crippen molar-refractivity contribution in [1.29, 1.82) is 0 Å². The van der Waals surface area contributed by atoms with Crippen molar-refractivity contribution in [2.24, 2.45) is 0 Å².